The highest BCUT2D eigenvalue weighted by Gasteiger charge is 2.38. The normalized spacial score (nSPS) is 21.6. The Kier molecular flexibility index (Phi) is 5.36. The van der Waals surface area contributed by atoms with Gasteiger partial charge in [0.25, 0.3) is 5.91 Å². The van der Waals surface area contributed by atoms with Gasteiger partial charge in [-0.2, -0.15) is 0 Å². The van der Waals surface area contributed by atoms with E-state index in [4.69, 9.17) is 16.6 Å². The Hall–Kier alpha value is -2.93. The predicted molar refractivity (Wildman–Crippen MR) is 118 cm³/mol. The zero-order valence-electron chi connectivity index (χ0n) is 17.1. The highest BCUT2D eigenvalue weighted by Crippen LogP contribution is 2.34. The van der Waals surface area contributed by atoms with Crippen molar-refractivity contribution in [3.05, 3.63) is 59.1 Å². The summed E-state index contributed by atoms with van der Waals surface area (Å²) < 4.78 is 0. The van der Waals surface area contributed by atoms with Crippen LogP contribution in [0.25, 0.3) is 11.0 Å². The maximum absolute atomic E-state index is 13.5. The molecule has 5 rings (SSSR count). The van der Waals surface area contributed by atoms with Gasteiger partial charge in [0.05, 0.1) is 29.2 Å². The van der Waals surface area contributed by atoms with Crippen LogP contribution >= 0.6 is 11.6 Å². The van der Waals surface area contributed by atoms with Gasteiger partial charge in [-0.25, -0.2) is 4.98 Å². The first-order valence-electron chi connectivity index (χ1n) is 10.7. The molecule has 0 aliphatic carbocycles. The average molecular weight is 438 g/mol. The van der Waals surface area contributed by atoms with Gasteiger partial charge in [-0.05, 0) is 49.9 Å². The number of imidazole rings is 1. The van der Waals surface area contributed by atoms with E-state index in [0.29, 0.717) is 23.7 Å². The number of nitrogens with one attached hydrogen (secondary N) is 1. The molecule has 160 valence electrons. The molecule has 1 N–H and O–H groups in total. The van der Waals surface area contributed by atoms with Gasteiger partial charge in [0.15, 0.2) is 0 Å². The number of carbonyl (C=O) groups is 2. The quantitative estimate of drug-likeness (QED) is 0.675. The van der Waals surface area contributed by atoms with E-state index in [1.807, 2.05) is 11.0 Å². The summed E-state index contributed by atoms with van der Waals surface area (Å²) in [7, 11) is 0. The average Bonchev–Trinajstić information content (AvgIpc) is 3.45. The fourth-order valence-electron chi connectivity index (χ4n) is 4.75. The number of piperidine rings is 1. The van der Waals surface area contributed by atoms with Crippen molar-refractivity contribution in [1.29, 1.82) is 0 Å². The molecule has 2 atom stereocenters. The molecule has 1 aromatic carbocycles. The molecule has 2 aliphatic rings. The number of aromatic amines is 1. The van der Waals surface area contributed by atoms with Gasteiger partial charge in [-0.1, -0.05) is 17.7 Å². The van der Waals surface area contributed by atoms with Crippen molar-refractivity contribution >= 4 is 34.4 Å². The summed E-state index contributed by atoms with van der Waals surface area (Å²) in [5.41, 5.74) is 2.31. The summed E-state index contributed by atoms with van der Waals surface area (Å²) in [5, 5.41) is 0.538. The number of rotatable bonds is 3. The summed E-state index contributed by atoms with van der Waals surface area (Å²) in [5.74, 6) is 0.674. The molecule has 0 bridgehead atoms. The monoisotopic (exact) mass is 437 g/mol. The van der Waals surface area contributed by atoms with Crippen LogP contribution in [-0.2, 0) is 4.79 Å². The molecule has 31 heavy (non-hydrogen) atoms. The van der Waals surface area contributed by atoms with E-state index in [2.05, 4.69) is 9.97 Å². The maximum atomic E-state index is 13.5. The van der Waals surface area contributed by atoms with Gasteiger partial charge in [0, 0.05) is 36.4 Å². The molecule has 2 aliphatic heterocycles. The number of carbonyl (C=O) groups excluding carboxylic acids is 2. The lowest BCUT2D eigenvalue weighted by molar-refractivity contribution is -0.138. The Bertz CT molecular complexity index is 1100. The molecule has 2 fully saturated rings. The third-order valence-electron chi connectivity index (χ3n) is 6.28. The largest absolute Gasteiger partial charge is 0.339 e. The van der Waals surface area contributed by atoms with E-state index in [-0.39, 0.29) is 23.8 Å². The van der Waals surface area contributed by atoms with E-state index in [9.17, 15) is 9.59 Å². The summed E-state index contributed by atoms with van der Waals surface area (Å²) in [4.78, 5) is 42.3. The van der Waals surface area contributed by atoms with Crippen LogP contribution in [0.1, 0.15) is 47.9 Å². The Morgan fingerprint density at radius 1 is 1.13 bits per heavy atom. The van der Waals surface area contributed by atoms with Crippen LogP contribution in [0, 0.1) is 5.92 Å². The molecule has 8 heteroatoms. The fourth-order valence-corrected chi connectivity index (χ4v) is 4.94. The number of nitrogens with zero attached hydrogens (tertiary/aromatic N) is 4. The lowest BCUT2D eigenvalue weighted by Gasteiger charge is -2.35. The number of amides is 2. The second kappa shape index (κ2) is 8.30. The van der Waals surface area contributed by atoms with Crippen LogP contribution in [0.5, 0.6) is 0 Å². The van der Waals surface area contributed by atoms with E-state index in [0.717, 1.165) is 49.1 Å². The first kappa shape index (κ1) is 20.0. The Labute approximate surface area is 185 Å². The number of likely N-dealkylation sites (tertiary alicyclic amines) is 2. The van der Waals surface area contributed by atoms with Gasteiger partial charge in [0.2, 0.25) is 5.91 Å². The van der Waals surface area contributed by atoms with Gasteiger partial charge < -0.3 is 14.8 Å². The van der Waals surface area contributed by atoms with Crippen LogP contribution < -0.4 is 0 Å². The molecule has 7 nitrogen and oxygen atoms in total. The molecule has 0 radical (unpaired) electrons. The zero-order valence-corrected chi connectivity index (χ0v) is 17.9. The van der Waals surface area contributed by atoms with Crippen LogP contribution in [0.15, 0.2) is 42.7 Å². The summed E-state index contributed by atoms with van der Waals surface area (Å²) in [6, 6.07) is 8.80. The van der Waals surface area contributed by atoms with E-state index >= 15 is 0 Å². The molecular formula is C23H24ClN5O2. The maximum Gasteiger partial charge on any atom is 0.253 e. The standard InChI is InChI=1S/C23H24ClN5O2/c24-17-6-1-4-15(12-17)22(30)28-10-2-5-16(14-28)23(31)29-11-3-7-20(29)21-26-18-8-9-25-13-19(18)27-21/h1,4,6,8-9,12-13,16,20H,2-3,5,7,10-11,14H2,(H,26,27). The number of halogens is 1. The van der Waals surface area contributed by atoms with Crippen molar-refractivity contribution in [2.24, 2.45) is 5.92 Å². The molecule has 2 aromatic heterocycles. The van der Waals surface area contributed by atoms with E-state index in [1.54, 1.807) is 41.6 Å². The molecule has 0 saturated carbocycles. The zero-order chi connectivity index (χ0) is 21.4. The highest BCUT2D eigenvalue weighted by molar-refractivity contribution is 6.30. The number of hydrogen-bond donors (Lipinski definition) is 1. The van der Waals surface area contributed by atoms with Crippen molar-refractivity contribution in [2.75, 3.05) is 19.6 Å². The number of hydrogen-bond acceptors (Lipinski definition) is 4. The van der Waals surface area contributed by atoms with Gasteiger partial charge in [-0.3, -0.25) is 14.6 Å². The van der Waals surface area contributed by atoms with Crippen molar-refractivity contribution < 1.29 is 9.59 Å². The molecule has 2 saturated heterocycles. The van der Waals surface area contributed by atoms with Crippen molar-refractivity contribution in [3.63, 3.8) is 0 Å². The number of benzene rings is 1. The minimum absolute atomic E-state index is 0.0566. The molecule has 0 spiro atoms. The Balaban J connectivity index is 1.32. The number of pyridine rings is 1. The molecule has 3 aromatic rings. The second-order valence-corrected chi connectivity index (χ2v) is 8.74. The lowest BCUT2D eigenvalue weighted by Crippen LogP contribution is -2.46. The summed E-state index contributed by atoms with van der Waals surface area (Å²) >= 11 is 6.05. The first-order chi connectivity index (χ1) is 15.1. The van der Waals surface area contributed by atoms with Gasteiger partial charge in [-0.15, -0.1) is 0 Å². The van der Waals surface area contributed by atoms with Gasteiger partial charge in [0.1, 0.15) is 5.82 Å². The minimum Gasteiger partial charge on any atom is -0.339 e. The third kappa shape index (κ3) is 3.90. The molecule has 4 heterocycles. The van der Waals surface area contributed by atoms with E-state index in [1.165, 1.54) is 0 Å². The topological polar surface area (TPSA) is 82.2 Å². The molecule has 2 amide bonds. The molecule has 2 unspecified atom stereocenters. The Morgan fingerprint density at radius 3 is 2.84 bits per heavy atom. The third-order valence-corrected chi connectivity index (χ3v) is 6.52. The first-order valence-corrected chi connectivity index (χ1v) is 11.1. The number of fused-ring (bicyclic) bond motifs is 1. The van der Waals surface area contributed by atoms with Crippen LogP contribution in [-0.4, -0.2) is 56.2 Å². The molecular weight excluding hydrogens is 414 g/mol. The van der Waals surface area contributed by atoms with Crippen molar-refractivity contribution in [2.45, 2.75) is 31.7 Å². The predicted octanol–water partition coefficient (Wildman–Crippen LogP) is 3.83. The summed E-state index contributed by atoms with van der Waals surface area (Å²) in [6.07, 6.45) is 6.93. The summed E-state index contributed by atoms with van der Waals surface area (Å²) in [6.45, 7) is 1.82. The minimum atomic E-state index is -0.191. The second-order valence-electron chi connectivity index (χ2n) is 8.31. The number of aromatic nitrogens is 3. The van der Waals surface area contributed by atoms with Crippen molar-refractivity contribution in [1.82, 2.24) is 24.8 Å². The smallest absolute Gasteiger partial charge is 0.253 e. The highest BCUT2D eigenvalue weighted by atomic mass is 35.5. The van der Waals surface area contributed by atoms with Crippen molar-refractivity contribution in [3.8, 4) is 0 Å². The van der Waals surface area contributed by atoms with Crippen LogP contribution in [0.2, 0.25) is 5.02 Å². The SMILES string of the molecule is O=C(c1cccc(Cl)c1)N1CCCC(C(=O)N2CCCC2c2nc3ccncc3[nH]2)C1. The lowest BCUT2D eigenvalue weighted by atomic mass is 9.95. The van der Waals surface area contributed by atoms with Crippen LogP contribution in [0.4, 0.5) is 0 Å². The van der Waals surface area contributed by atoms with Gasteiger partial charge >= 0.3 is 0 Å². The van der Waals surface area contributed by atoms with E-state index < -0.39 is 0 Å². The fraction of sp³-hybridized carbons (Fsp3) is 0.391. The Morgan fingerprint density at radius 2 is 2.00 bits per heavy atom. The van der Waals surface area contributed by atoms with Crippen LogP contribution in [0.3, 0.4) is 0 Å². The number of H-pyrrole nitrogens is 1.